The Morgan fingerprint density at radius 2 is 2.00 bits per heavy atom. The minimum absolute atomic E-state index is 0.166. The molecule has 0 aliphatic heterocycles. The number of aryl methyl sites for hydroxylation is 1. The van der Waals surface area contributed by atoms with Crippen molar-refractivity contribution in [2.45, 2.75) is 39.5 Å². The van der Waals surface area contributed by atoms with Gasteiger partial charge in [-0.25, -0.2) is 4.98 Å². The molecular formula is C25H27N5O3S. The van der Waals surface area contributed by atoms with Crippen molar-refractivity contribution in [3.63, 3.8) is 0 Å². The molecule has 0 saturated carbocycles. The van der Waals surface area contributed by atoms with E-state index in [1.54, 1.807) is 6.07 Å². The van der Waals surface area contributed by atoms with Crippen LogP contribution < -0.4 is 15.6 Å². The Hall–Kier alpha value is -3.72. The van der Waals surface area contributed by atoms with E-state index in [0.717, 1.165) is 11.3 Å². The van der Waals surface area contributed by atoms with E-state index in [-0.39, 0.29) is 24.0 Å². The van der Waals surface area contributed by atoms with Gasteiger partial charge in [-0.05, 0) is 41.5 Å². The van der Waals surface area contributed by atoms with E-state index in [1.807, 2.05) is 48.7 Å². The molecule has 0 aliphatic carbocycles. The summed E-state index contributed by atoms with van der Waals surface area (Å²) in [4.78, 5) is 33.1. The third-order valence-corrected chi connectivity index (χ3v) is 6.05. The molecule has 3 aromatic heterocycles. The van der Waals surface area contributed by atoms with E-state index in [4.69, 9.17) is 4.74 Å². The van der Waals surface area contributed by atoms with E-state index in [2.05, 4.69) is 34.2 Å². The number of hydrogen-bond donors (Lipinski definition) is 2. The number of hydrogen-bond acceptors (Lipinski definition) is 6. The van der Waals surface area contributed by atoms with Gasteiger partial charge in [0.1, 0.15) is 17.3 Å². The predicted octanol–water partition coefficient (Wildman–Crippen LogP) is 4.78. The summed E-state index contributed by atoms with van der Waals surface area (Å²) in [6.45, 7) is 6.10. The van der Waals surface area contributed by atoms with Crippen LogP contribution in [0.15, 0.2) is 58.7 Å². The van der Waals surface area contributed by atoms with Crippen LogP contribution in [-0.2, 0) is 11.2 Å². The van der Waals surface area contributed by atoms with Crippen LogP contribution in [-0.4, -0.2) is 32.3 Å². The van der Waals surface area contributed by atoms with Crippen molar-refractivity contribution in [3.05, 3.63) is 75.5 Å². The SMILES string of the molecule is CCCc1cc(=O)[nH]c(-n2nc(-c3cccs3)cc2NC(=O)COc2ccc(C(C)C)cc2)n1. The minimum Gasteiger partial charge on any atom is -0.484 e. The highest BCUT2D eigenvalue weighted by atomic mass is 32.1. The number of ether oxygens (including phenoxy) is 1. The number of amides is 1. The summed E-state index contributed by atoms with van der Waals surface area (Å²) < 4.78 is 7.11. The molecule has 4 rings (SSSR count). The zero-order valence-electron chi connectivity index (χ0n) is 19.4. The third kappa shape index (κ3) is 5.60. The Morgan fingerprint density at radius 1 is 1.21 bits per heavy atom. The van der Waals surface area contributed by atoms with Gasteiger partial charge in [-0.1, -0.05) is 45.4 Å². The molecule has 3 heterocycles. The zero-order chi connectivity index (χ0) is 24.1. The molecule has 0 atom stereocenters. The Bertz CT molecular complexity index is 1310. The van der Waals surface area contributed by atoms with Gasteiger partial charge < -0.3 is 10.1 Å². The van der Waals surface area contributed by atoms with E-state index < -0.39 is 0 Å². The number of rotatable bonds is 9. The molecule has 176 valence electrons. The topological polar surface area (TPSA) is 102 Å². The van der Waals surface area contributed by atoms with Crippen molar-refractivity contribution in [2.24, 2.45) is 0 Å². The quantitative estimate of drug-likeness (QED) is 0.361. The maximum atomic E-state index is 12.7. The number of aromatic amines is 1. The van der Waals surface area contributed by atoms with Crippen LogP contribution in [0.25, 0.3) is 16.5 Å². The molecule has 0 fully saturated rings. The fourth-order valence-electron chi connectivity index (χ4n) is 3.43. The Balaban J connectivity index is 1.57. The van der Waals surface area contributed by atoms with Crippen molar-refractivity contribution in [1.29, 1.82) is 0 Å². The molecule has 0 saturated heterocycles. The average molecular weight is 478 g/mol. The van der Waals surface area contributed by atoms with Gasteiger partial charge in [0.25, 0.3) is 11.5 Å². The molecule has 8 nitrogen and oxygen atoms in total. The summed E-state index contributed by atoms with van der Waals surface area (Å²) in [5.41, 5.74) is 2.26. The summed E-state index contributed by atoms with van der Waals surface area (Å²) in [6, 6.07) is 14.8. The normalized spacial score (nSPS) is 11.1. The predicted molar refractivity (Wildman–Crippen MR) is 134 cm³/mol. The Labute approximate surface area is 201 Å². The number of carbonyl (C=O) groups is 1. The number of nitrogens with zero attached hydrogens (tertiary/aromatic N) is 3. The third-order valence-electron chi connectivity index (χ3n) is 5.16. The Kier molecular flexibility index (Phi) is 7.22. The van der Waals surface area contributed by atoms with Gasteiger partial charge in [-0.2, -0.15) is 9.78 Å². The van der Waals surface area contributed by atoms with Gasteiger partial charge in [0.05, 0.1) is 4.88 Å². The summed E-state index contributed by atoms with van der Waals surface area (Å²) in [6.07, 6.45) is 1.52. The number of thiophene rings is 1. The number of carbonyl (C=O) groups excluding carboxylic acids is 1. The summed E-state index contributed by atoms with van der Waals surface area (Å²) in [5, 5.41) is 9.39. The molecule has 9 heteroatoms. The lowest BCUT2D eigenvalue weighted by Gasteiger charge is -2.11. The molecule has 1 aromatic carbocycles. The molecule has 2 N–H and O–H groups in total. The lowest BCUT2D eigenvalue weighted by atomic mass is 10.0. The summed E-state index contributed by atoms with van der Waals surface area (Å²) in [5.74, 6) is 1.33. The molecular weight excluding hydrogens is 450 g/mol. The molecule has 0 spiro atoms. The van der Waals surface area contributed by atoms with Crippen LogP contribution in [0.4, 0.5) is 5.82 Å². The van der Waals surface area contributed by atoms with Crippen molar-refractivity contribution in [1.82, 2.24) is 19.7 Å². The van der Waals surface area contributed by atoms with Crippen LogP contribution in [0, 0.1) is 0 Å². The van der Waals surface area contributed by atoms with E-state index >= 15 is 0 Å². The first-order valence-corrected chi connectivity index (χ1v) is 12.1. The van der Waals surface area contributed by atoms with Crippen LogP contribution >= 0.6 is 11.3 Å². The molecule has 4 aromatic rings. The van der Waals surface area contributed by atoms with E-state index in [1.165, 1.54) is 27.6 Å². The second kappa shape index (κ2) is 10.5. The highest BCUT2D eigenvalue weighted by Crippen LogP contribution is 2.27. The van der Waals surface area contributed by atoms with Crippen molar-refractivity contribution in [3.8, 4) is 22.3 Å². The highest BCUT2D eigenvalue weighted by molar-refractivity contribution is 7.13. The molecule has 0 radical (unpaired) electrons. The standard InChI is InChI=1S/C25H27N5O3S/c1-4-6-18-13-23(31)28-25(26-18)30-22(14-20(29-30)21-7-5-12-34-21)27-24(32)15-33-19-10-8-17(9-11-19)16(2)3/h5,7-14,16H,4,6,15H2,1-3H3,(H,27,32)(H,26,28,31). The smallest absolute Gasteiger partial charge is 0.263 e. The number of nitrogens with one attached hydrogen (secondary N) is 2. The fraction of sp³-hybridized carbons (Fsp3) is 0.280. The second-order valence-corrected chi connectivity index (χ2v) is 9.12. The lowest BCUT2D eigenvalue weighted by molar-refractivity contribution is -0.118. The van der Waals surface area contributed by atoms with E-state index in [9.17, 15) is 9.59 Å². The van der Waals surface area contributed by atoms with Gasteiger partial charge in [-0.3, -0.25) is 14.6 Å². The van der Waals surface area contributed by atoms with Crippen LogP contribution in [0.1, 0.15) is 44.4 Å². The Morgan fingerprint density at radius 3 is 2.68 bits per heavy atom. The first-order chi connectivity index (χ1) is 16.4. The number of aromatic nitrogens is 4. The highest BCUT2D eigenvalue weighted by Gasteiger charge is 2.17. The lowest BCUT2D eigenvalue weighted by Crippen LogP contribution is -2.23. The number of H-pyrrole nitrogens is 1. The molecule has 0 unspecified atom stereocenters. The minimum atomic E-state index is -0.348. The number of benzene rings is 1. The fourth-order valence-corrected chi connectivity index (χ4v) is 4.11. The largest absolute Gasteiger partial charge is 0.484 e. The van der Waals surface area contributed by atoms with Crippen molar-refractivity contribution >= 4 is 23.1 Å². The first kappa shape index (κ1) is 23.4. The molecule has 0 bridgehead atoms. The van der Waals surface area contributed by atoms with Crippen LogP contribution in [0.2, 0.25) is 0 Å². The van der Waals surface area contributed by atoms with Crippen molar-refractivity contribution in [2.75, 3.05) is 11.9 Å². The van der Waals surface area contributed by atoms with Gasteiger partial charge in [0.2, 0.25) is 5.95 Å². The van der Waals surface area contributed by atoms with Crippen molar-refractivity contribution < 1.29 is 9.53 Å². The van der Waals surface area contributed by atoms with Gasteiger partial charge in [0, 0.05) is 17.8 Å². The molecule has 1 amide bonds. The maximum absolute atomic E-state index is 12.7. The van der Waals surface area contributed by atoms with Crippen LogP contribution in [0.3, 0.4) is 0 Å². The molecule has 0 aliphatic rings. The first-order valence-electron chi connectivity index (χ1n) is 11.2. The maximum Gasteiger partial charge on any atom is 0.263 e. The van der Waals surface area contributed by atoms with Gasteiger partial charge in [0.15, 0.2) is 6.61 Å². The zero-order valence-corrected chi connectivity index (χ0v) is 20.2. The van der Waals surface area contributed by atoms with Gasteiger partial charge in [-0.15, -0.1) is 11.3 Å². The van der Waals surface area contributed by atoms with Gasteiger partial charge >= 0.3 is 0 Å². The average Bonchev–Trinajstić information content (AvgIpc) is 3.48. The molecule has 34 heavy (non-hydrogen) atoms. The van der Waals surface area contributed by atoms with Crippen LogP contribution in [0.5, 0.6) is 5.75 Å². The van der Waals surface area contributed by atoms with E-state index in [0.29, 0.717) is 35.3 Å². The monoisotopic (exact) mass is 477 g/mol. The summed E-state index contributed by atoms with van der Waals surface area (Å²) in [7, 11) is 0. The summed E-state index contributed by atoms with van der Waals surface area (Å²) >= 11 is 1.53. The number of anilines is 1. The second-order valence-electron chi connectivity index (χ2n) is 8.17.